The zero-order valence-electron chi connectivity index (χ0n) is 13.8. The minimum atomic E-state index is -0.256. The maximum Gasteiger partial charge on any atom is 0.223 e. The van der Waals surface area contributed by atoms with E-state index in [4.69, 9.17) is 11.6 Å². The molecule has 5 heteroatoms. The van der Waals surface area contributed by atoms with Gasteiger partial charge in [0.1, 0.15) is 5.82 Å². The Hall–Kier alpha value is -1.13. The predicted molar refractivity (Wildman–Crippen MR) is 91.9 cm³/mol. The molecule has 1 heterocycles. The molecule has 1 amide bonds. The number of carbonyl (C=O) groups is 1. The Morgan fingerprint density at radius 2 is 2.09 bits per heavy atom. The van der Waals surface area contributed by atoms with Gasteiger partial charge < -0.3 is 5.32 Å². The minimum absolute atomic E-state index is 0.0870. The van der Waals surface area contributed by atoms with Gasteiger partial charge in [-0.05, 0) is 44.5 Å². The first kappa shape index (κ1) is 18.2. The number of hydrogen-bond acceptors (Lipinski definition) is 2. The molecule has 1 aromatic rings. The molecule has 1 fully saturated rings. The molecule has 0 aliphatic carbocycles. The Kier molecular flexibility index (Phi) is 7.31. The second kappa shape index (κ2) is 9.24. The second-order valence-corrected chi connectivity index (χ2v) is 6.66. The van der Waals surface area contributed by atoms with Gasteiger partial charge in [-0.1, -0.05) is 37.4 Å². The van der Waals surface area contributed by atoms with Gasteiger partial charge in [-0.2, -0.15) is 0 Å². The fourth-order valence-corrected chi connectivity index (χ4v) is 3.21. The number of nitrogens with one attached hydrogen (secondary N) is 1. The van der Waals surface area contributed by atoms with Gasteiger partial charge in [-0.3, -0.25) is 9.69 Å². The Morgan fingerprint density at radius 3 is 2.74 bits per heavy atom. The first-order chi connectivity index (χ1) is 11.1. The summed E-state index contributed by atoms with van der Waals surface area (Å²) in [5, 5.41) is 3.50. The maximum atomic E-state index is 13.8. The minimum Gasteiger partial charge on any atom is -0.356 e. The van der Waals surface area contributed by atoms with E-state index in [9.17, 15) is 9.18 Å². The van der Waals surface area contributed by atoms with Gasteiger partial charge >= 0.3 is 0 Å². The van der Waals surface area contributed by atoms with E-state index in [2.05, 4.69) is 17.1 Å². The lowest BCUT2D eigenvalue weighted by atomic mass is 9.95. The smallest absolute Gasteiger partial charge is 0.223 e. The molecule has 1 aliphatic heterocycles. The molecule has 0 spiro atoms. The van der Waals surface area contributed by atoms with Crippen molar-refractivity contribution < 1.29 is 9.18 Å². The van der Waals surface area contributed by atoms with Crippen molar-refractivity contribution in [3.63, 3.8) is 0 Å². The quantitative estimate of drug-likeness (QED) is 0.761. The molecule has 23 heavy (non-hydrogen) atoms. The van der Waals surface area contributed by atoms with Crippen LogP contribution in [-0.2, 0) is 11.3 Å². The first-order valence-corrected chi connectivity index (χ1v) is 8.92. The van der Waals surface area contributed by atoms with Crippen LogP contribution in [0.3, 0.4) is 0 Å². The van der Waals surface area contributed by atoms with E-state index in [1.807, 2.05) is 0 Å². The highest BCUT2D eigenvalue weighted by Crippen LogP contribution is 2.24. The molecule has 2 rings (SSSR count). The van der Waals surface area contributed by atoms with Crippen LogP contribution in [0.5, 0.6) is 0 Å². The van der Waals surface area contributed by atoms with Crippen molar-refractivity contribution in [2.75, 3.05) is 19.6 Å². The first-order valence-electron chi connectivity index (χ1n) is 8.54. The van der Waals surface area contributed by atoms with Gasteiger partial charge in [0, 0.05) is 29.6 Å². The molecule has 0 saturated carbocycles. The van der Waals surface area contributed by atoms with E-state index >= 15 is 0 Å². The standard InChI is InChI=1S/C18H26ClFN2O/c1-2-3-4-10-21-18(23)14-8-11-22(12-9-14)13-15-16(19)6-5-7-17(15)20/h5-7,14H,2-4,8-13H2,1H3,(H,21,23). The van der Waals surface area contributed by atoms with E-state index < -0.39 is 0 Å². The molecule has 1 aromatic carbocycles. The normalized spacial score (nSPS) is 16.5. The number of likely N-dealkylation sites (tertiary alicyclic amines) is 1. The summed E-state index contributed by atoms with van der Waals surface area (Å²) in [6.07, 6.45) is 5.01. The number of piperidine rings is 1. The predicted octanol–water partition coefficient (Wildman–Crippen LogP) is 4.00. The SMILES string of the molecule is CCCCCNC(=O)C1CCN(Cc2c(F)cccc2Cl)CC1. The van der Waals surface area contributed by atoms with E-state index in [0.29, 0.717) is 17.1 Å². The molecule has 0 aromatic heterocycles. The average molecular weight is 341 g/mol. The third-order valence-corrected chi connectivity index (χ3v) is 4.84. The largest absolute Gasteiger partial charge is 0.356 e. The number of amides is 1. The highest BCUT2D eigenvalue weighted by atomic mass is 35.5. The van der Waals surface area contributed by atoms with Gasteiger partial charge in [0.05, 0.1) is 0 Å². The number of rotatable bonds is 7. The number of benzene rings is 1. The Balaban J connectivity index is 1.76. The van der Waals surface area contributed by atoms with Crippen molar-refractivity contribution >= 4 is 17.5 Å². The molecule has 1 aliphatic rings. The third-order valence-electron chi connectivity index (χ3n) is 4.48. The summed E-state index contributed by atoms with van der Waals surface area (Å²) in [6, 6.07) is 4.78. The van der Waals surface area contributed by atoms with Crippen LogP contribution in [0, 0.1) is 11.7 Å². The lowest BCUT2D eigenvalue weighted by molar-refractivity contribution is -0.126. The highest BCUT2D eigenvalue weighted by molar-refractivity contribution is 6.31. The zero-order chi connectivity index (χ0) is 16.7. The third kappa shape index (κ3) is 5.47. The summed E-state index contributed by atoms with van der Waals surface area (Å²) >= 11 is 6.08. The lowest BCUT2D eigenvalue weighted by Crippen LogP contribution is -2.40. The lowest BCUT2D eigenvalue weighted by Gasteiger charge is -2.31. The number of unbranched alkanes of at least 4 members (excludes halogenated alkanes) is 2. The number of nitrogens with zero attached hydrogens (tertiary/aromatic N) is 1. The average Bonchev–Trinajstić information content (AvgIpc) is 2.55. The number of carbonyl (C=O) groups excluding carboxylic acids is 1. The second-order valence-electron chi connectivity index (χ2n) is 6.25. The van der Waals surface area contributed by atoms with Crippen molar-refractivity contribution in [2.45, 2.75) is 45.6 Å². The van der Waals surface area contributed by atoms with Crippen molar-refractivity contribution in [2.24, 2.45) is 5.92 Å². The molecule has 0 unspecified atom stereocenters. The van der Waals surface area contributed by atoms with Crippen molar-refractivity contribution in [3.8, 4) is 0 Å². The van der Waals surface area contributed by atoms with Gasteiger partial charge in [-0.25, -0.2) is 4.39 Å². The maximum absolute atomic E-state index is 13.8. The van der Waals surface area contributed by atoms with Crippen LogP contribution in [0.4, 0.5) is 4.39 Å². The van der Waals surface area contributed by atoms with Gasteiger partial charge in [-0.15, -0.1) is 0 Å². The van der Waals surface area contributed by atoms with E-state index in [1.54, 1.807) is 12.1 Å². The van der Waals surface area contributed by atoms with E-state index in [1.165, 1.54) is 6.07 Å². The topological polar surface area (TPSA) is 32.3 Å². The molecule has 128 valence electrons. The number of halogens is 2. The molecule has 3 nitrogen and oxygen atoms in total. The van der Waals surface area contributed by atoms with Crippen LogP contribution in [0.25, 0.3) is 0 Å². The fourth-order valence-electron chi connectivity index (χ4n) is 2.99. The summed E-state index contributed by atoms with van der Waals surface area (Å²) in [5.41, 5.74) is 0.552. The van der Waals surface area contributed by atoms with Gasteiger partial charge in [0.2, 0.25) is 5.91 Å². The Labute approximate surface area is 143 Å². The molecular weight excluding hydrogens is 315 g/mol. The summed E-state index contributed by atoms with van der Waals surface area (Å²) in [6.45, 7) is 5.04. The highest BCUT2D eigenvalue weighted by Gasteiger charge is 2.25. The number of hydrogen-bond donors (Lipinski definition) is 1. The summed E-state index contributed by atoms with van der Waals surface area (Å²) < 4.78 is 13.8. The van der Waals surface area contributed by atoms with Gasteiger partial charge in [0.15, 0.2) is 0 Å². The van der Waals surface area contributed by atoms with Crippen LogP contribution < -0.4 is 5.32 Å². The van der Waals surface area contributed by atoms with Crippen LogP contribution in [0.15, 0.2) is 18.2 Å². The van der Waals surface area contributed by atoms with E-state index in [0.717, 1.165) is 51.7 Å². The molecular formula is C18H26ClFN2O. The molecule has 0 atom stereocenters. The summed E-state index contributed by atoms with van der Waals surface area (Å²) in [5.74, 6) is 0.00179. The van der Waals surface area contributed by atoms with Crippen LogP contribution in [-0.4, -0.2) is 30.4 Å². The molecule has 0 radical (unpaired) electrons. The van der Waals surface area contributed by atoms with Crippen molar-refractivity contribution in [3.05, 3.63) is 34.6 Å². The monoisotopic (exact) mass is 340 g/mol. The van der Waals surface area contributed by atoms with Crippen molar-refractivity contribution in [1.82, 2.24) is 10.2 Å². The molecule has 0 bridgehead atoms. The van der Waals surface area contributed by atoms with Crippen LogP contribution in [0.1, 0.15) is 44.6 Å². The van der Waals surface area contributed by atoms with Gasteiger partial charge in [0.25, 0.3) is 0 Å². The Morgan fingerprint density at radius 1 is 1.35 bits per heavy atom. The van der Waals surface area contributed by atoms with Crippen LogP contribution >= 0.6 is 11.6 Å². The summed E-state index contributed by atoms with van der Waals surface area (Å²) in [4.78, 5) is 14.3. The Bertz CT molecular complexity index is 495. The summed E-state index contributed by atoms with van der Waals surface area (Å²) in [7, 11) is 0. The van der Waals surface area contributed by atoms with Crippen LogP contribution in [0.2, 0.25) is 5.02 Å². The molecule has 1 N–H and O–H groups in total. The zero-order valence-corrected chi connectivity index (χ0v) is 14.5. The van der Waals surface area contributed by atoms with E-state index in [-0.39, 0.29) is 17.6 Å². The fraction of sp³-hybridized carbons (Fsp3) is 0.611. The molecule has 1 saturated heterocycles. The van der Waals surface area contributed by atoms with Crippen molar-refractivity contribution in [1.29, 1.82) is 0 Å².